The van der Waals surface area contributed by atoms with Gasteiger partial charge in [-0.25, -0.2) is 0 Å². The van der Waals surface area contributed by atoms with Gasteiger partial charge >= 0.3 is 5.97 Å². The van der Waals surface area contributed by atoms with Crippen molar-refractivity contribution < 1.29 is 9.90 Å². The third kappa shape index (κ3) is 1.44. The fraction of sp³-hybridized carbons (Fsp3) is 0.909. The lowest BCUT2D eigenvalue weighted by atomic mass is 9.62. The number of carboxylic acid groups (broad SMARTS) is 1. The first-order chi connectivity index (χ1) is 6.64. The Bertz CT molecular complexity index is 239. The Balaban J connectivity index is 2.20. The Kier molecular flexibility index (Phi) is 2.52. The Morgan fingerprint density at radius 2 is 1.86 bits per heavy atom. The van der Waals surface area contributed by atoms with Gasteiger partial charge in [-0.2, -0.15) is 0 Å². The summed E-state index contributed by atoms with van der Waals surface area (Å²) in [5, 5.41) is 9.21. The molecule has 3 atom stereocenters. The first-order valence-corrected chi connectivity index (χ1v) is 5.67. The smallest absolute Gasteiger partial charge is 0.323 e. The minimum Gasteiger partial charge on any atom is -0.480 e. The Morgan fingerprint density at radius 3 is 2.57 bits per heavy atom. The van der Waals surface area contributed by atoms with Crippen LogP contribution >= 0.6 is 0 Å². The molecular formula is C11H19NO2. The highest BCUT2D eigenvalue weighted by molar-refractivity contribution is 5.79. The number of carbonyl (C=O) groups is 1. The van der Waals surface area contributed by atoms with Gasteiger partial charge in [0.15, 0.2) is 0 Å². The third-order valence-corrected chi connectivity index (χ3v) is 4.13. The molecule has 0 amide bonds. The van der Waals surface area contributed by atoms with Crippen LogP contribution in [0.25, 0.3) is 0 Å². The summed E-state index contributed by atoms with van der Waals surface area (Å²) in [5.74, 6) is 0.0372. The van der Waals surface area contributed by atoms with Crippen LogP contribution in [0.1, 0.15) is 44.9 Å². The molecule has 2 aliphatic carbocycles. The van der Waals surface area contributed by atoms with E-state index in [1.54, 1.807) is 0 Å². The molecule has 0 spiro atoms. The summed E-state index contributed by atoms with van der Waals surface area (Å²) in [4.78, 5) is 11.2. The normalized spacial score (nSPS) is 42.9. The highest BCUT2D eigenvalue weighted by Gasteiger charge is 2.48. The standard InChI is InChI=1S/C11H19NO2/c12-11(10(13)14)7-3-5-8-4-1-2-6-9(8)11/h8-9H,1-7,12H2,(H,13,14)/t8-,9+,11-/m1/s1. The van der Waals surface area contributed by atoms with E-state index in [-0.39, 0.29) is 5.92 Å². The van der Waals surface area contributed by atoms with Crippen LogP contribution in [0.4, 0.5) is 0 Å². The van der Waals surface area contributed by atoms with E-state index in [1.165, 1.54) is 19.3 Å². The number of fused-ring (bicyclic) bond motifs is 1. The molecule has 0 aromatic heterocycles. The molecule has 2 fully saturated rings. The van der Waals surface area contributed by atoms with Crippen LogP contribution in [0, 0.1) is 11.8 Å². The fourth-order valence-electron chi connectivity index (χ4n) is 3.34. The zero-order valence-corrected chi connectivity index (χ0v) is 8.54. The van der Waals surface area contributed by atoms with Crippen molar-refractivity contribution in [1.29, 1.82) is 0 Å². The van der Waals surface area contributed by atoms with Gasteiger partial charge in [0.2, 0.25) is 0 Å². The molecule has 80 valence electrons. The maximum Gasteiger partial charge on any atom is 0.323 e. The Hall–Kier alpha value is -0.570. The first kappa shape index (κ1) is 9.97. The van der Waals surface area contributed by atoms with Crippen molar-refractivity contribution in [1.82, 2.24) is 0 Å². The summed E-state index contributed by atoms with van der Waals surface area (Å²) in [6.07, 6.45) is 7.49. The van der Waals surface area contributed by atoms with Crippen molar-refractivity contribution in [3.8, 4) is 0 Å². The summed E-state index contributed by atoms with van der Waals surface area (Å²) in [5.41, 5.74) is 5.14. The van der Waals surface area contributed by atoms with E-state index in [1.807, 2.05) is 0 Å². The van der Waals surface area contributed by atoms with Crippen LogP contribution in [0.5, 0.6) is 0 Å². The van der Waals surface area contributed by atoms with Crippen molar-refractivity contribution in [2.24, 2.45) is 17.6 Å². The van der Waals surface area contributed by atoms with E-state index in [4.69, 9.17) is 5.73 Å². The molecule has 2 aliphatic rings. The predicted octanol–water partition coefficient (Wildman–Crippen LogP) is 1.76. The zero-order chi connectivity index (χ0) is 10.2. The van der Waals surface area contributed by atoms with Crippen molar-refractivity contribution in [3.05, 3.63) is 0 Å². The molecule has 3 N–H and O–H groups in total. The second-order valence-electron chi connectivity index (χ2n) is 4.89. The summed E-state index contributed by atoms with van der Waals surface area (Å²) in [6.45, 7) is 0. The summed E-state index contributed by atoms with van der Waals surface area (Å²) < 4.78 is 0. The maximum absolute atomic E-state index is 11.2. The molecule has 0 aromatic carbocycles. The molecule has 3 heteroatoms. The first-order valence-electron chi connectivity index (χ1n) is 5.67. The van der Waals surface area contributed by atoms with Crippen molar-refractivity contribution in [2.45, 2.75) is 50.5 Å². The molecule has 0 heterocycles. The van der Waals surface area contributed by atoms with Gasteiger partial charge in [-0.15, -0.1) is 0 Å². The van der Waals surface area contributed by atoms with Gasteiger partial charge in [0, 0.05) is 0 Å². The summed E-state index contributed by atoms with van der Waals surface area (Å²) in [6, 6.07) is 0. The monoisotopic (exact) mass is 197 g/mol. The molecule has 0 unspecified atom stereocenters. The number of hydrogen-bond acceptors (Lipinski definition) is 2. The third-order valence-electron chi connectivity index (χ3n) is 4.13. The largest absolute Gasteiger partial charge is 0.480 e. The molecule has 3 nitrogen and oxygen atoms in total. The van der Waals surface area contributed by atoms with E-state index < -0.39 is 11.5 Å². The van der Waals surface area contributed by atoms with Gasteiger partial charge < -0.3 is 10.8 Å². The fourth-order valence-corrected chi connectivity index (χ4v) is 3.34. The number of hydrogen-bond donors (Lipinski definition) is 2. The van der Waals surface area contributed by atoms with Crippen LogP contribution < -0.4 is 5.73 Å². The minimum atomic E-state index is -0.913. The lowest BCUT2D eigenvalue weighted by molar-refractivity contribution is -0.149. The molecule has 2 saturated carbocycles. The van der Waals surface area contributed by atoms with Crippen molar-refractivity contribution in [2.75, 3.05) is 0 Å². The average Bonchev–Trinajstić information content (AvgIpc) is 2.18. The van der Waals surface area contributed by atoms with E-state index in [9.17, 15) is 9.90 Å². The molecular weight excluding hydrogens is 178 g/mol. The minimum absolute atomic E-state index is 0.238. The Labute approximate surface area is 84.7 Å². The van der Waals surface area contributed by atoms with Crippen LogP contribution in [-0.4, -0.2) is 16.6 Å². The van der Waals surface area contributed by atoms with E-state index in [2.05, 4.69) is 0 Å². The molecule has 0 aliphatic heterocycles. The van der Waals surface area contributed by atoms with E-state index in [0.29, 0.717) is 12.3 Å². The quantitative estimate of drug-likeness (QED) is 0.673. The molecule has 0 radical (unpaired) electrons. The summed E-state index contributed by atoms with van der Waals surface area (Å²) >= 11 is 0. The zero-order valence-electron chi connectivity index (χ0n) is 8.54. The average molecular weight is 197 g/mol. The number of aliphatic carboxylic acids is 1. The molecule has 0 bridgehead atoms. The second-order valence-corrected chi connectivity index (χ2v) is 4.89. The predicted molar refractivity (Wildman–Crippen MR) is 53.9 cm³/mol. The van der Waals surface area contributed by atoms with Crippen LogP contribution in [0.15, 0.2) is 0 Å². The van der Waals surface area contributed by atoms with Gasteiger partial charge in [0.1, 0.15) is 5.54 Å². The molecule has 14 heavy (non-hydrogen) atoms. The molecule has 0 aromatic rings. The second kappa shape index (κ2) is 3.54. The van der Waals surface area contributed by atoms with Gasteiger partial charge in [-0.1, -0.05) is 32.1 Å². The highest BCUT2D eigenvalue weighted by Crippen LogP contribution is 2.44. The van der Waals surface area contributed by atoms with Gasteiger partial charge in [0.25, 0.3) is 0 Å². The topological polar surface area (TPSA) is 63.3 Å². The SMILES string of the molecule is N[C@]1(C(=O)O)CCC[C@H]2CCCC[C@@H]21. The lowest BCUT2D eigenvalue weighted by Crippen LogP contribution is -2.58. The number of nitrogens with two attached hydrogens (primary N) is 1. The van der Waals surface area contributed by atoms with Gasteiger partial charge in [-0.3, -0.25) is 4.79 Å². The maximum atomic E-state index is 11.2. The van der Waals surface area contributed by atoms with Crippen LogP contribution in [-0.2, 0) is 4.79 Å². The van der Waals surface area contributed by atoms with Gasteiger partial charge in [-0.05, 0) is 24.7 Å². The number of rotatable bonds is 1. The Morgan fingerprint density at radius 1 is 1.21 bits per heavy atom. The highest BCUT2D eigenvalue weighted by atomic mass is 16.4. The van der Waals surface area contributed by atoms with Gasteiger partial charge in [0.05, 0.1) is 0 Å². The number of carboxylic acids is 1. The summed E-state index contributed by atoms with van der Waals surface area (Å²) in [7, 11) is 0. The van der Waals surface area contributed by atoms with Crippen molar-refractivity contribution >= 4 is 5.97 Å². The van der Waals surface area contributed by atoms with E-state index in [0.717, 1.165) is 19.3 Å². The molecule has 0 saturated heterocycles. The van der Waals surface area contributed by atoms with E-state index >= 15 is 0 Å². The van der Waals surface area contributed by atoms with Crippen LogP contribution in [0.3, 0.4) is 0 Å². The van der Waals surface area contributed by atoms with Crippen molar-refractivity contribution in [3.63, 3.8) is 0 Å². The molecule has 2 rings (SSSR count). The van der Waals surface area contributed by atoms with Crippen LogP contribution in [0.2, 0.25) is 0 Å². The lowest BCUT2D eigenvalue weighted by Gasteiger charge is -2.45.